The second-order valence-electron chi connectivity index (χ2n) is 4.89. The molecule has 1 heterocycles. The third kappa shape index (κ3) is 2.74. The van der Waals surface area contributed by atoms with Gasteiger partial charge in [0.15, 0.2) is 0 Å². The van der Waals surface area contributed by atoms with Crippen molar-refractivity contribution >= 4 is 11.8 Å². The molecular formula is C16H22N4. The highest BCUT2D eigenvalue weighted by molar-refractivity contribution is 5.71. The minimum absolute atomic E-state index is 0.226. The summed E-state index contributed by atoms with van der Waals surface area (Å²) < 4.78 is 0. The second-order valence-corrected chi connectivity index (χ2v) is 4.89. The Hall–Kier alpha value is -2.10. The smallest absolute Gasteiger partial charge is 0.222 e. The molecule has 1 aromatic carbocycles. The number of hydrogen-bond acceptors (Lipinski definition) is 4. The van der Waals surface area contributed by atoms with Crippen molar-refractivity contribution in [2.45, 2.75) is 40.0 Å². The van der Waals surface area contributed by atoms with Gasteiger partial charge in [-0.2, -0.15) is 4.98 Å². The van der Waals surface area contributed by atoms with E-state index in [1.54, 1.807) is 6.07 Å². The van der Waals surface area contributed by atoms with E-state index in [2.05, 4.69) is 42.9 Å². The highest BCUT2D eigenvalue weighted by atomic mass is 15.0. The molecule has 0 atom stereocenters. The van der Waals surface area contributed by atoms with Gasteiger partial charge in [0, 0.05) is 11.6 Å². The highest BCUT2D eigenvalue weighted by Crippen LogP contribution is 2.30. The van der Waals surface area contributed by atoms with Gasteiger partial charge in [0.2, 0.25) is 5.95 Å². The van der Waals surface area contributed by atoms with E-state index < -0.39 is 0 Å². The lowest BCUT2D eigenvalue weighted by molar-refractivity contribution is 1.04. The van der Waals surface area contributed by atoms with Gasteiger partial charge in [-0.25, -0.2) is 4.98 Å². The van der Waals surface area contributed by atoms with Gasteiger partial charge in [-0.15, -0.1) is 0 Å². The lowest BCUT2D eigenvalue weighted by Gasteiger charge is -2.15. The van der Waals surface area contributed by atoms with Crippen molar-refractivity contribution < 1.29 is 0 Å². The fourth-order valence-corrected chi connectivity index (χ4v) is 2.54. The predicted octanol–water partition coefficient (Wildman–Crippen LogP) is 3.00. The van der Waals surface area contributed by atoms with E-state index in [1.807, 2.05) is 0 Å². The molecule has 1 aromatic heterocycles. The Morgan fingerprint density at radius 2 is 1.45 bits per heavy atom. The Morgan fingerprint density at radius 1 is 0.850 bits per heavy atom. The lowest BCUT2D eigenvalue weighted by atomic mass is 9.91. The van der Waals surface area contributed by atoms with Crippen LogP contribution in [0.2, 0.25) is 0 Å². The van der Waals surface area contributed by atoms with Crippen LogP contribution >= 0.6 is 0 Å². The molecule has 0 bridgehead atoms. The second kappa shape index (κ2) is 5.90. The van der Waals surface area contributed by atoms with Gasteiger partial charge in [0.25, 0.3) is 0 Å². The topological polar surface area (TPSA) is 77.8 Å². The van der Waals surface area contributed by atoms with Gasteiger partial charge in [-0.1, -0.05) is 32.9 Å². The standard InChI is InChI=1S/C16H22N4/c1-4-10-7-11(5-2)15(12(6-3)8-10)13-9-14(17)20-16(18)19-13/h7-9H,4-6H2,1-3H3,(H4,17,18,19,20). The van der Waals surface area contributed by atoms with E-state index in [1.165, 1.54) is 16.7 Å². The summed E-state index contributed by atoms with van der Waals surface area (Å²) in [6.45, 7) is 6.49. The molecule has 0 aliphatic heterocycles. The van der Waals surface area contributed by atoms with Gasteiger partial charge in [-0.05, 0) is 36.0 Å². The van der Waals surface area contributed by atoms with E-state index in [0.29, 0.717) is 5.82 Å². The fraction of sp³-hybridized carbons (Fsp3) is 0.375. The summed E-state index contributed by atoms with van der Waals surface area (Å²) in [6.07, 6.45) is 2.95. The van der Waals surface area contributed by atoms with Crippen LogP contribution in [0.1, 0.15) is 37.5 Å². The Bertz CT molecular complexity index is 575. The maximum atomic E-state index is 5.80. The summed E-state index contributed by atoms with van der Waals surface area (Å²) >= 11 is 0. The molecule has 4 heteroatoms. The molecule has 0 aliphatic rings. The molecule has 0 saturated heterocycles. The van der Waals surface area contributed by atoms with Gasteiger partial charge in [0.1, 0.15) is 5.82 Å². The van der Waals surface area contributed by atoms with E-state index in [-0.39, 0.29) is 5.95 Å². The number of nitrogens with zero attached hydrogens (tertiary/aromatic N) is 2. The number of hydrogen-bond donors (Lipinski definition) is 2. The molecule has 0 saturated carbocycles. The number of aryl methyl sites for hydroxylation is 3. The first-order chi connectivity index (χ1) is 9.58. The van der Waals surface area contributed by atoms with Crippen LogP contribution in [0.4, 0.5) is 11.8 Å². The van der Waals surface area contributed by atoms with Crippen molar-refractivity contribution in [1.29, 1.82) is 0 Å². The van der Waals surface area contributed by atoms with Crippen LogP contribution in [-0.2, 0) is 19.3 Å². The molecule has 20 heavy (non-hydrogen) atoms. The van der Waals surface area contributed by atoms with E-state index in [0.717, 1.165) is 30.5 Å². The molecule has 0 unspecified atom stereocenters. The van der Waals surface area contributed by atoms with E-state index in [4.69, 9.17) is 11.5 Å². The Balaban J connectivity index is 2.70. The van der Waals surface area contributed by atoms with Gasteiger partial charge in [0.05, 0.1) is 5.69 Å². The Morgan fingerprint density at radius 3 is 1.90 bits per heavy atom. The van der Waals surface area contributed by atoms with Crippen LogP contribution < -0.4 is 11.5 Å². The quantitative estimate of drug-likeness (QED) is 0.895. The Labute approximate surface area is 120 Å². The third-order valence-electron chi connectivity index (χ3n) is 3.55. The van der Waals surface area contributed by atoms with Gasteiger partial charge >= 0.3 is 0 Å². The van der Waals surface area contributed by atoms with Crippen LogP contribution in [0.15, 0.2) is 18.2 Å². The van der Waals surface area contributed by atoms with Crippen LogP contribution in [0.3, 0.4) is 0 Å². The first-order valence-electron chi connectivity index (χ1n) is 7.14. The average Bonchev–Trinajstić information content (AvgIpc) is 2.44. The third-order valence-corrected chi connectivity index (χ3v) is 3.55. The largest absolute Gasteiger partial charge is 0.384 e. The number of rotatable bonds is 4. The first kappa shape index (κ1) is 14.3. The maximum Gasteiger partial charge on any atom is 0.222 e. The summed E-state index contributed by atoms with van der Waals surface area (Å²) in [4.78, 5) is 8.31. The molecule has 2 aromatic rings. The van der Waals surface area contributed by atoms with Crippen molar-refractivity contribution in [1.82, 2.24) is 9.97 Å². The van der Waals surface area contributed by atoms with Crippen molar-refractivity contribution in [3.63, 3.8) is 0 Å². The van der Waals surface area contributed by atoms with Crippen molar-refractivity contribution in [3.8, 4) is 11.3 Å². The summed E-state index contributed by atoms with van der Waals surface area (Å²) in [5.41, 5.74) is 17.5. The zero-order chi connectivity index (χ0) is 14.7. The summed E-state index contributed by atoms with van der Waals surface area (Å²) in [6, 6.07) is 6.31. The minimum atomic E-state index is 0.226. The molecule has 0 radical (unpaired) electrons. The molecule has 4 nitrogen and oxygen atoms in total. The predicted molar refractivity (Wildman–Crippen MR) is 84.4 cm³/mol. The maximum absolute atomic E-state index is 5.80. The summed E-state index contributed by atoms with van der Waals surface area (Å²) in [7, 11) is 0. The number of aromatic nitrogens is 2. The number of anilines is 2. The van der Waals surface area contributed by atoms with Gasteiger partial charge in [-0.3, -0.25) is 0 Å². The molecule has 106 valence electrons. The number of nitrogens with two attached hydrogens (primary N) is 2. The SMILES string of the molecule is CCc1cc(CC)c(-c2cc(N)nc(N)n2)c(CC)c1. The number of nitrogen functional groups attached to an aromatic ring is 2. The molecule has 4 N–H and O–H groups in total. The summed E-state index contributed by atoms with van der Waals surface area (Å²) in [5, 5.41) is 0. The molecule has 0 amide bonds. The van der Waals surface area contributed by atoms with E-state index in [9.17, 15) is 0 Å². The lowest BCUT2D eigenvalue weighted by Crippen LogP contribution is -2.04. The highest BCUT2D eigenvalue weighted by Gasteiger charge is 2.13. The minimum Gasteiger partial charge on any atom is -0.384 e. The molecule has 2 rings (SSSR count). The monoisotopic (exact) mass is 270 g/mol. The van der Waals surface area contributed by atoms with Crippen molar-refractivity contribution in [2.75, 3.05) is 11.5 Å². The zero-order valence-corrected chi connectivity index (χ0v) is 12.4. The number of benzene rings is 1. The molecular weight excluding hydrogens is 248 g/mol. The van der Waals surface area contributed by atoms with Crippen LogP contribution in [0.25, 0.3) is 11.3 Å². The van der Waals surface area contributed by atoms with Crippen LogP contribution in [0, 0.1) is 0 Å². The first-order valence-corrected chi connectivity index (χ1v) is 7.14. The summed E-state index contributed by atoms with van der Waals surface area (Å²) in [5.74, 6) is 0.639. The van der Waals surface area contributed by atoms with E-state index >= 15 is 0 Å². The van der Waals surface area contributed by atoms with Crippen molar-refractivity contribution in [2.24, 2.45) is 0 Å². The van der Waals surface area contributed by atoms with Crippen LogP contribution in [-0.4, -0.2) is 9.97 Å². The molecule has 0 fully saturated rings. The fourth-order valence-electron chi connectivity index (χ4n) is 2.54. The van der Waals surface area contributed by atoms with Crippen molar-refractivity contribution in [3.05, 3.63) is 34.9 Å². The Kier molecular flexibility index (Phi) is 4.23. The van der Waals surface area contributed by atoms with Crippen LogP contribution in [0.5, 0.6) is 0 Å². The molecule has 0 aliphatic carbocycles. The average molecular weight is 270 g/mol. The van der Waals surface area contributed by atoms with Gasteiger partial charge < -0.3 is 11.5 Å². The normalized spacial score (nSPS) is 10.8. The zero-order valence-electron chi connectivity index (χ0n) is 12.4. The molecule has 0 spiro atoms.